The highest BCUT2D eigenvalue weighted by molar-refractivity contribution is 5.66. The lowest BCUT2D eigenvalue weighted by Crippen LogP contribution is -2.23. The third-order valence-corrected chi connectivity index (χ3v) is 5.00. The zero-order valence-corrected chi connectivity index (χ0v) is 17.0. The fourth-order valence-electron chi connectivity index (χ4n) is 3.35. The Morgan fingerprint density at radius 3 is 2.50 bits per heavy atom. The molecule has 0 aliphatic carbocycles. The fraction of sp³-hybridized carbons (Fsp3) is 0.174. The zero-order chi connectivity index (χ0) is 21.3. The Balaban J connectivity index is 1.68. The number of aryl methyl sites for hydroxylation is 3. The molecule has 0 amide bonds. The Morgan fingerprint density at radius 1 is 1.00 bits per heavy atom. The van der Waals surface area contributed by atoms with Gasteiger partial charge in [0.2, 0.25) is 0 Å². The summed E-state index contributed by atoms with van der Waals surface area (Å²) in [5.41, 5.74) is 4.16. The van der Waals surface area contributed by atoms with Crippen LogP contribution in [0.4, 0.5) is 4.39 Å². The molecular weight excluding hydrogens is 383 g/mol. The van der Waals surface area contributed by atoms with Crippen LogP contribution in [0.5, 0.6) is 5.75 Å². The van der Waals surface area contributed by atoms with E-state index in [1.54, 1.807) is 24.3 Å². The second kappa shape index (κ2) is 7.94. The highest BCUT2D eigenvalue weighted by Crippen LogP contribution is 2.30. The lowest BCUT2D eigenvalue weighted by molar-refractivity contribution is 0.289. The molecular formula is C23H21FN4O2. The van der Waals surface area contributed by atoms with Crippen molar-refractivity contribution in [1.29, 1.82) is 0 Å². The minimum Gasteiger partial charge on any atom is -0.486 e. The number of ether oxygens (including phenoxy) is 1. The van der Waals surface area contributed by atoms with E-state index in [2.05, 4.69) is 10.4 Å². The van der Waals surface area contributed by atoms with E-state index in [0.717, 1.165) is 26.9 Å². The Hall–Kier alpha value is -3.74. The van der Waals surface area contributed by atoms with Gasteiger partial charge in [-0.15, -0.1) is 0 Å². The monoisotopic (exact) mass is 404 g/mol. The molecule has 6 nitrogen and oxygen atoms in total. The van der Waals surface area contributed by atoms with E-state index < -0.39 is 5.82 Å². The molecule has 0 spiro atoms. The maximum Gasteiger partial charge on any atom is 0.368 e. The van der Waals surface area contributed by atoms with Crippen LogP contribution in [0, 0.1) is 19.7 Å². The molecule has 30 heavy (non-hydrogen) atoms. The van der Waals surface area contributed by atoms with E-state index in [9.17, 15) is 4.79 Å². The van der Waals surface area contributed by atoms with Gasteiger partial charge in [0, 0.05) is 18.2 Å². The summed E-state index contributed by atoms with van der Waals surface area (Å²) in [5, 5.41) is 7.67. The summed E-state index contributed by atoms with van der Waals surface area (Å²) in [7, 11) is 1.53. The third kappa shape index (κ3) is 3.61. The maximum absolute atomic E-state index is 15.2. The first-order chi connectivity index (χ1) is 14.5. The van der Waals surface area contributed by atoms with Gasteiger partial charge in [-0.3, -0.25) is 0 Å². The van der Waals surface area contributed by atoms with E-state index in [4.69, 9.17) is 4.74 Å². The van der Waals surface area contributed by atoms with Gasteiger partial charge >= 0.3 is 5.69 Å². The molecule has 1 heterocycles. The molecule has 4 aromatic rings. The van der Waals surface area contributed by atoms with Gasteiger partial charge in [0.25, 0.3) is 0 Å². The summed E-state index contributed by atoms with van der Waals surface area (Å²) < 4.78 is 23.4. The van der Waals surface area contributed by atoms with E-state index in [-0.39, 0.29) is 18.0 Å². The van der Waals surface area contributed by atoms with Crippen molar-refractivity contribution in [3.8, 4) is 22.6 Å². The lowest BCUT2D eigenvalue weighted by atomic mass is 10.0. The van der Waals surface area contributed by atoms with Crippen LogP contribution < -0.4 is 10.4 Å². The Bertz CT molecular complexity index is 1280. The third-order valence-electron chi connectivity index (χ3n) is 5.00. The van der Waals surface area contributed by atoms with Crippen LogP contribution in [-0.2, 0) is 13.7 Å². The van der Waals surface area contributed by atoms with E-state index in [0.29, 0.717) is 11.3 Å². The number of nitrogens with zero attached hydrogens (tertiary/aromatic N) is 4. The molecule has 0 N–H and O–H groups in total. The van der Waals surface area contributed by atoms with Crippen LogP contribution in [0.15, 0.2) is 65.5 Å². The first-order valence-corrected chi connectivity index (χ1v) is 9.52. The lowest BCUT2D eigenvalue weighted by Gasteiger charge is -2.14. The van der Waals surface area contributed by atoms with Gasteiger partial charge in [-0.1, -0.05) is 54.1 Å². The fourth-order valence-corrected chi connectivity index (χ4v) is 3.35. The van der Waals surface area contributed by atoms with Gasteiger partial charge in [-0.2, -0.15) is 9.36 Å². The molecule has 1 aromatic heterocycles. The number of benzene rings is 3. The predicted molar refractivity (Wildman–Crippen MR) is 112 cm³/mol. The minimum atomic E-state index is -0.421. The topological polar surface area (TPSA) is 61.9 Å². The number of aromatic nitrogens is 4. The van der Waals surface area contributed by atoms with Crippen molar-refractivity contribution in [1.82, 2.24) is 19.8 Å². The second-order valence-electron chi connectivity index (χ2n) is 7.15. The first kappa shape index (κ1) is 19.6. The van der Waals surface area contributed by atoms with Gasteiger partial charge in [-0.25, -0.2) is 9.18 Å². The summed E-state index contributed by atoms with van der Waals surface area (Å²) in [5.74, 6) is -0.274. The minimum absolute atomic E-state index is 0.0826. The van der Waals surface area contributed by atoms with Gasteiger partial charge in [0.15, 0.2) is 11.6 Å². The summed E-state index contributed by atoms with van der Waals surface area (Å²) in [6.07, 6.45) is 0. The van der Waals surface area contributed by atoms with Crippen molar-refractivity contribution in [2.24, 2.45) is 7.05 Å². The van der Waals surface area contributed by atoms with Crippen LogP contribution in [0.2, 0.25) is 0 Å². The summed E-state index contributed by atoms with van der Waals surface area (Å²) in [6.45, 7) is 3.96. The van der Waals surface area contributed by atoms with E-state index in [1.807, 2.05) is 50.2 Å². The van der Waals surface area contributed by atoms with Gasteiger partial charge < -0.3 is 4.74 Å². The van der Waals surface area contributed by atoms with E-state index >= 15 is 4.39 Å². The first-order valence-electron chi connectivity index (χ1n) is 9.52. The SMILES string of the molecule is Cc1cccc(-c2cccc(OCc3c(C)cccc3-n3nnn(C)c3=O)c2F)c1. The number of rotatable bonds is 5. The Labute approximate surface area is 173 Å². The summed E-state index contributed by atoms with van der Waals surface area (Å²) in [4.78, 5) is 12.3. The van der Waals surface area contributed by atoms with Gasteiger partial charge in [0.1, 0.15) is 6.61 Å². The molecule has 152 valence electrons. The van der Waals surface area contributed by atoms with Crippen LogP contribution >= 0.6 is 0 Å². The highest BCUT2D eigenvalue weighted by atomic mass is 19.1. The summed E-state index contributed by atoms with van der Waals surface area (Å²) >= 11 is 0. The van der Waals surface area contributed by atoms with E-state index in [1.165, 1.54) is 11.7 Å². The van der Waals surface area contributed by atoms with Crippen LogP contribution in [0.25, 0.3) is 16.8 Å². The van der Waals surface area contributed by atoms with Crippen molar-refractivity contribution in [2.45, 2.75) is 20.5 Å². The molecule has 0 unspecified atom stereocenters. The molecule has 7 heteroatoms. The van der Waals surface area contributed by atoms with Crippen molar-refractivity contribution >= 4 is 0 Å². The summed E-state index contributed by atoms with van der Waals surface area (Å²) in [6, 6.07) is 18.3. The van der Waals surface area contributed by atoms with Crippen molar-refractivity contribution in [2.75, 3.05) is 0 Å². The average molecular weight is 404 g/mol. The molecule has 0 aliphatic rings. The zero-order valence-electron chi connectivity index (χ0n) is 17.0. The molecule has 0 atom stereocenters. The molecule has 0 saturated carbocycles. The second-order valence-corrected chi connectivity index (χ2v) is 7.15. The van der Waals surface area contributed by atoms with Crippen LogP contribution in [-0.4, -0.2) is 19.8 Å². The van der Waals surface area contributed by atoms with Crippen LogP contribution in [0.3, 0.4) is 0 Å². The Kier molecular flexibility index (Phi) is 5.18. The molecule has 0 bridgehead atoms. The standard InChI is InChI=1S/C23H21FN4O2/c1-15-7-4-9-17(13-15)18-10-6-12-21(22(18)24)30-14-19-16(2)8-5-11-20(19)28-23(29)27(3)25-26-28/h4-13H,14H2,1-3H3. The number of tetrazole rings is 1. The van der Waals surface area contributed by atoms with Crippen molar-refractivity contribution in [3.63, 3.8) is 0 Å². The molecule has 0 fully saturated rings. The van der Waals surface area contributed by atoms with Gasteiger partial charge in [-0.05, 0) is 47.5 Å². The number of hydrogen-bond acceptors (Lipinski definition) is 4. The molecule has 0 saturated heterocycles. The molecule has 4 rings (SSSR count). The quantitative estimate of drug-likeness (QED) is 0.505. The van der Waals surface area contributed by atoms with Crippen molar-refractivity contribution in [3.05, 3.63) is 93.7 Å². The van der Waals surface area contributed by atoms with Gasteiger partial charge in [0.05, 0.1) is 5.69 Å². The smallest absolute Gasteiger partial charge is 0.368 e. The largest absolute Gasteiger partial charge is 0.486 e. The van der Waals surface area contributed by atoms with Crippen LogP contribution in [0.1, 0.15) is 16.7 Å². The Morgan fingerprint density at radius 2 is 1.77 bits per heavy atom. The highest BCUT2D eigenvalue weighted by Gasteiger charge is 2.16. The number of halogens is 1. The normalized spacial score (nSPS) is 10.9. The maximum atomic E-state index is 15.2. The average Bonchev–Trinajstić information content (AvgIpc) is 3.06. The molecule has 0 aliphatic heterocycles. The number of hydrogen-bond donors (Lipinski definition) is 0. The molecule has 3 aromatic carbocycles. The van der Waals surface area contributed by atoms with Crippen molar-refractivity contribution < 1.29 is 9.13 Å². The molecule has 0 radical (unpaired) electrons. The predicted octanol–water partition coefficient (Wildman–Crippen LogP) is 3.97.